The third-order valence-electron chi connectivity index (χ3n) is 2.21. The molecule has 0 aliphatic carbocycles. The summed E-state index contributed by atoms with van der Waals surface area (Å²) in [5, 5.41) is 2.95. The van der Waals surface area contributed by atoms with Gasteiger partial charge in [-0.1, -0.05) is 0 Å². The standard InChI is InChI=1S/C7H10N2O2S/c1-4(10)9-5-3-12-6(9)2-8-7(5)11/h5-6H,2-3H2,1H3,(H,8,11)/t5-,6+/m0/s1. The smallest absolute Gasteiger partial charge is 0.243 e. The zero-order valence-electron chi connectivity index (χ0n) is 6.74. The molecule has 0 unspecified atom stereocenters. The van der Waals surface area contributed by atoms with Gasteiger partial charge in [0.1, 0.15) is 6.04 Å². The van der Waals surface area contributed by atoms with Gasteiger partial charge in [0.15, 0.2) is 0 Å². The Morgan fingerprint density at radius 1 is 1.75 bits per heavy atom. The van der Waals surface area contributed by atoms with Gasteiger partial charge in [0.25, 0.3) is 0 Å². The lowest BCUT2D eigenvalue weighted by atomic mass is 10.2. The minimum absolute atomic E-state index is 0.00449. The number of nitrogens with zero attached hydrogens (tertiary/aromatic N) is 1. The van der Waals surface area contributed by atoms with Crippen LogP contribution in [-0.4, -0.2) is 40.4 Å². The van der Waals surface area contributed by atoms with Crippen molar-refractivity contribution in [1.29, 1.82) is 0 Å². The van der Waals surface area contributed by atoms with Gasteiger partial charge in [0.2, 0.25) is 11.8 Å². The normalized spacial score (nSPS) is 33.4. The maximum Gasteiger partial charge on any atom is 0.243 e. The molecular weight excluding hydrogens is 176 g/mol. The molecule has 5 heteroatoms. The molecule has 2 heterocycles. The van der Waals surface area contributed by atoms with E-state index >= 15 is 0 Å². The van der Waals surface area contributed by atoms with E-state index in [1.165, 1.54) is 6.92 Å². The molecule has 2 aliphatic heterocycles. The Bertz CT molecular complexity index is 244. The van der Waals surface area contributed by atoms with Gasteiger partial charge in [-0.15, -0.1) is 11.8 Å². The molecule has 0 aromatic rings. The molecule has 0 spiro atoms. The second-order valence-electron chi connectivity index (χ2n) is 2.98. The minimum Gasteiger partial charge on any atom is -0.351 e. The molecule has 4 nitrogen and oxygen atoms in total. The van der Waals surface area contributed by atoms with Gasteiger partial charge < -0.3 is 10.2 Å². The molecule has 2 aliphatic rings. The monoisotopic (exact) mass is 186 g/mol. The zero-order chi connectivity index (χ0) is 8.72. The molecule has 2 atom stereocenters. The van der Waals surface area contributed by atoms with Crippen molar-refractivity contribution in [3.63, 3.8) is 0 Å². The van der Waals surface area contributed by atoms with Gasteiger partial charge >= 0.3 is 0 Å². The summed E-state index contributed by atoms with van der Waals surface area (Å²) < 4.78 is 0. The summed E-state index contributed by atoms with van der Waals surface area (Å²) in [7, 11) is 0. The molecule has 1 N–H and O–H groups in total. The Hall–Kier alpha value is -0.710. The Morgan fingerprint density at radius 3 is 3.08 bits per heavy atom. The Kier molecular flexibility index (Phi) is 1.75. The third kappa shape index (κ3) is 0.998. The zero-order valence-corrected chi connectivity index (χ0v) is 7.56. The van der Waals surface area contributed by atoms with Crippen molar-refractivity contribution in [2.75, 3.05) is 12.3 Å². The minimum atomic E-state index is -0.216. The first-order valence-electron chi connectivity index (χ1n) is 3.88. The average Bonchev–Trinajstić information content (AvgIpc) is 2.35. The molecule has 0 aromatic carbocycles. The van der Waals surface area contributed by atoms with Gasteiger partial charge in [-0.3, -0.25) is 9.59 Å². The van der Waals surface area contributed by atoms with Crippen molar-refractivity contribution < 1.29 is 9.59 Å². The van der Waals surface area contributed by atoms with E-state index in [0.29, 0.717) is 6.54 Å². The first kappa shape index (κ1) is 7.91. The number of carbonyl (C=O) groups is 2. The first-order valence-corrected chi connectivity index (χ1v) is 4.93. The quantitative estimate of drug-likeness (QED) is 0.550. The van der Waals surface area contributed by atoms with Crippen molar-refractivity contribution >= 4 is 23.6 Å². The summed E-state index contributed by atoms with van der Waals surface area (Å²) in [5.74, 6) is 0.743. The second-order valence-corrected chi connectivity index (χ2v) is 4.19. The number of rotatable bonds is 0. The summed E-state index contributed by atoms with van der Waals surface area (Å²) in [6, 6.07) is -0.216. The summed E-state index contributed by atoms with van der Waals surface area (Å²) >= 11 is 1.67. The van der Waals surface area contributed by atoms with Crippen LogP contribution in [0.1, 0.15) is 6.92 Å². The van der Waals surface area contributed by atoms with Crippen molar-refractivity contribution in [2.45, 2.75) is 18.3 Å². The van der Waals surface area contributed by atoms with E-state index in [9.17, 15) is 9.59 Å². The fraction of sp³-hybridized carbons (Fsp3) is 0.714. The van der Waals surface area contributed by atoms with Crippen molar-refractivity contribution in [3.05, 3.63) is 0 Å². The number of amides is 2. The van der Waals surface area contributed by atoms with Crippen molar-refractivity contribution in [1.82, 2.24) is 10.2 Å². The van der Waals surface area contributed by atoms with Crippen molar-refractivity contribution in [3.8, 4) is 0 Å². The summed E-state index contributed by atoms with van der Waals surface area (Å²) in [5.41, 5.74) is 0. The number of piperazine rings is 1. The second kappa shape index (κ2) is 2.65. The van der Waals surface area contributed by atoms with Crippen molar-refractivity contribution in [2.24, 2.45) is 0 Å². The van der Waals surface area contributed by atoms with Gasteiger partial charge in [-0.2, -0.15) is 0 Å². The molecular formula is C7H10N2O2S. The highest BCUT2D eigenvalue weighted by atomic mass is 32.2. The lowest BCUT2D eigenvalue weighted by Crippen LogP contribution is -2.57. The van der Waals surface area contributed by atoms with Gasteiger partial charge in [0.05, 0.1) is 5.37 Å². The molecule has 0 radical (unpaired) electrons. The van der Waals surface area contributed by atoms with Crippen LogP contribution in [0.3, 0.4) is 0 Å². The predicted octanol–water partition coefficient (Wildman–Crippen LogP) is -0.594. The van der Waals surface area contributed by atoms with Crippen LogP contribution in [0.4, 0.5) is 0 Å². The molecule has 2 rings (SSSR count). The van der Waals surface area contributed by atoms with E-state index in [4.69, 9.17) is 0 Å². The molecule has 2 fully saturated rings. The van der Waals surface area contributed by atoms with E-state index in [0.717, 1.165) is 5.75 Å². The van der Waals surface area contributed by atoms with Gasteiger partial charge in [-0.05, 0) is 0 Å². The number of nitrogens with one attached hydrogen (secondary N) is 1. The third-order valence-corrected chi connectivity index (χ3v) is 3.50. The van der Waals surface area contributed by atoms with Crippen LogP contribution in [0.2, 0.25) is 0 Å². The lowest BCUT2D eigenvalue weighted by molar-refractivity contribution is -0.140. The van der Waals surface area contributed by atoms with Crippen LogP contribution >= 0.6 is 11.8 Å². The van der Waals surface area contributed by atoms with E-state index in [-0.39, 0.29) is 23.2 Å². The summed E-state index contributed by atoms with van der Waals surface area (Å²) in [4.78, 5) is 24.1. The molecule has 12 heavy (non-hydrogen) atoms. The first-order chi connectivity index (χ1) is 5.70. The maximum absolute atomic E-state index is 11.2. The average molecular weight is 186 g/mol. The van der Waals surface area contributed by atoms with Gasteiger partial charge in [0, 0.05) is 19.2 Å². The number of hydrogen-bond donors (Lipinski definition) is 1. The van der Waals surface area contributed by atoms with Crippen LogP contribution < -0.4 is 5.32 Å². The predicted molar refractivity (Wildman–Crippen MR) is 45.6 cm³/mol. The Labute approximate surface area is 74.7 Å². The van der Waals surface area contributed by atoms with E-state index in [1.807, 2.05) is 0 Å². The lowest BCUT2D eigenvalue weighted by Gasteiger charge is -2.32. The number of carbonyl (C=O) groups excluding carboxylic acids is 2. The number of fused-ring (bicyclic) bond motifs is 2. The summed E-state index contributed by atoms with van der Waals surface area (Å²) in [6.07, 6.45) is 0. The largest absolute Gasteiger partial charge is 0.351 e. The van der Waals surface area contributed by atoms with Crippen LogP contribution in [0.15, 0.2) is 0 Å². The van der Waals surface area contributed by atoms with Crippen LogP contribution in [0.25, 0.3) is 0 Å². The molecule has 2 bridgehead atoms. The fourth-order valence-electron chi connectivity index (χ4n) is 1.65. The number of hydrogen-bond acceptors (Lipinski definition) is 3. The van der Waals surface area contributed by atoms with Crippen LogP contribution in [-0.2, 0) is 9.59 Å². The Balaban J connectivity index is 2.24. The molecule has 66 valence electrons. The highest BCUT2D eigenvalue weighted by Crippen LogP contribution is 2.31. The van der Waals surface area contributed by atoms with Crippen LogP contribution in [0.5, 0.6) is 0 Å². The SMILES string of the molecule is CC(=O)N1[C@H]2CNC(=O)[C@@H]1CS2. The topological polar surface area (TPSA) is 49.4 Å². The molecule has 2 saturated heterocycles. The molecule has 0 saturated carbocycles. The maximum atomic E-state index is 11.2. The van der Waals surface area contributed by atoms with Crippen LogP contribution in [0, 0.1) is 0 Å². The highest BCUT2D eigenvalue weighted by Gasteiger charge is 2.43. The molecule has 2 amide bonds. The van der Waals surface area contributed by atoms with E-state index in [1.54, 1.807) is 16.7 Å². The number of thioether (sulfide) groups is 1. The van der Waals surface area contributed by atoms with E-state index in [2.05, 4.69) is 5.32 Å². The van der Waals surface area contributed by atoms with E-state index < -0.39 is 0 Å². The Morgan fingerprint density at radius 2 is 2.50 bits per heavy atom. The summed E-state index contributed by atoms with van der Waals surface area (Å²) in [6.45, 7) is 2.12. The highest BCUT2D eigenvalue weighted by molar-refractivity contribution is 8.00. The fourth-order valence-corrected chi connectivity index (χ4v) is 3.02. The van der Waals surface area contributed by atoms with Gasteiger partial charge in [-0.25, -0.2) is 0 Å². The molecule has 0 aromatic heterocycles.